The molecule has 2 aromatic rings. The number of thiophene rings is 1. The molecule has 3 N–H and O–H groups in total. The average Bonchev–Trinajstić information content (AvgIpc) is 3.55. The first kappa shape index (κ1) is 32.0. The van der Waals surface area contributed by atoms with E-state index >= 15 is 0 Å². The minimum Gasteiger partial charge on any atom is -0.459 e. The third kappa shape index (κ3) is 11.6. The number of amides is 1. The number of anilines is 1. The van der Waals surface area contributed by atoms with Crippen LogP contribution < -0.4 is 4.90 Å². The molecule has 0 aliphatic carbocycles. The highest BCUT2D eigenvalue weighted by molar-refractivity contribution is 7.13. The molecule has 1 saturated heterocycles. The fourth-order valence-electron chi connectivity index (χ4n) is 4.28. The van der Waals surface area contributed by atoms with Crippen molar-refractivity contribution in [3.8, 4) is 0 Å². The number of esters is 1. The molecule has 1 amide bonds. The van der Waals surface area contributed by atoms with Gasteiger partial charge in [0.2, 0.25) is 5.91 Å². The van der Waals surface area contributed by atoms with E-state index in [1.165, 1.54) is 42.6 Å². The second kappa shape index (κ2) is 18.1. The second-order valence-electron chi connectivity index (χ2n) is 9.80. The number of aryl methyl sites for hydroxylation is 2. The van der Waals surface area contributed by atoms with Crippen LogP contribution >= 0.6 is 11.3 Å². The van der Waals surface area contributed by atoms with Crippen molar-refractivity contribution < 1.29 is 29.6 Å². The van der Waals surface area contributed by atoms with Gasteiger partial charge in [0.1, 0.15) is 11.5 Å². The molecule has 0 spiro atoms. The van der Waals surface area contributed by atoms with Crippen LogP contribution in [0.1, 0.15) is 91.7 Å². The first-order valence-electron chi connectivity index (χ1n) is 14.0. The molecule has 1 aliphatic rings. The van der Waals surface area contributed by atoms with Crippen molar-refractivity contribution in [2.45, 2.75) is 96.7 Å². The highest BCUT2D eigenvalue weighted by atomic mass is 32.1. The molecular formula is C30H45NO6S. The van der Waals surface area contributed by atoms with Crippen molar-refractivity contribution in [2.24, 2.45) is 0 Å². The SMILES string of the molecule is CCCCCCc1ccc(N2CCCC2=O)cc1.CCCc1ccc(C(=O)OCC(O)CC(O)CCO)s1. The Morgan fingerprint density at radius 3 is 2.39 bits per heavy atom. The van der Waals surface area contributed by atoms with Crippen LogP contribution in [0.15, 0.2) is 36.4 Å². The third-order valence-electron chi connectivity index (χ3n) is 6.41. The predicted octanol–water partition coefficient (Wildman–Crippen LogP) is 5.29. The highest BCUT2D eigenvalue weighted by Gasteiger charge is 2.21. The second-order valence-corrected chi connectivity index (χ2v) is 11.0. The van der Waals surface area contributed by atoms with Gasteiger partial charge in [0.05, 0.1) is 12.2 Å². The van der Waals surface area contributed by atoms with Gasteiger partial charge in [-0.3, -0.25) is 4.79 Å². The van der Waals surface area contributed by atoms with E-state index in [1.54, 1.807) is 6.07 Å². The third-order valence-corrected chi connectivity index (χ3v) is 7.54. The Labute approximate surface area is 231 Å². The molecule has 1 aromatic heterocycles. The van der Waals surface area contributed by atoms with Gasteiger partial charge in [-0.05, 0) is 61.9 Å². The molecule has 0 radical (unpaired) electrons. The van der Waals surface area contributed by atoms with Crippen molar-refractivity contribution in [1.29, 1.82) is 0 Å². The zero-order valence-electron chi connectivity index (χ0n) is 22.9. The normalized spacial score (nSPS) is 14.7. The number of ether oxygens (including phenoxy) is 1. The van der Waals surface area contributed by atoms with Gasteiger partial charge < -0.3 is 25.0 Å². The van der Waals surface area contributed by atoms with Gasteiger partial charge >= 0.3 is 5.97 Å². The van der Waals surface area contributed by atoms with Gasteiger partial charge in [-0.15, -0.1) is 11.3 Å². The number of carbonyl (C=O) groups excluding carboxylic acids is 2. The molecule has 212 valence electrons. The maximum absolute atomic E-state index is 11.8. The summed E-state index contributed by atoms with van der Waals surface area (Å²) in [5, 5.41) is 27.7. The lowest BCUT2D eigenvalue weighted by Crippen LogP contribution is -2.24. The Bertz CT molecular complexity index is 944. The highest BCUT2D eigenvalue weighted by Crippen LogP contribution is 2.22. The first-order valence-corrected chi connectivity index (χ1v) is 14.8. The van der Waals surface area contributed by atoms with Crippen LogP contribution in [-0.4, -0.2) is 59.2 Å². The van der Waals surface area contributed by atoms with E-state index in [-0.39, 0.29) is 32.0 Å². The van der Waals surface area contributed by atoms with E-state index < -0.39 is 18.2 Å². The largest absolute Gasteiger partial charge is 0.459 e. The number of unbranched alkanes of at least 4 members (excludes halogenated alkanes) is 3. The number of benzene rings is 1. The minimum atomic E-state index is -0.921. The van der Waals surface area contributed by atoms with Crippen molar-refractivity contribution in [1.82, 2.24) is 0 Å². The van der Waals surface area contributed by atoms with Crippen LogP contribution in [0.25, 0.3) is 0 Å². The van der Waals surface area contributed by atoms with Crippen molar-refractivity contribution in [3.63, 3.8) is 0 Å². The van der Waals surface area contributed by atoms with E-state index in [1.807, 2.05) is 11.0 Å². The van der Waals surface area contributed by atoms with Gasteiger partial charge in [-0.1, -0.05) is 51.7 Å². The Hall–Kier alpha value is -2.26. The number of aliphatic hydroxyl groups is 3. The zero-order valence-corrected chi connectivity index (χ0v) is 23.8. The average molecular weight is 548 g/mol. The number of hydrogen-bond acceptors (Lipinski definition) is 7. The van der Waals surface area contributed by atoms with Crippen LogP contribution in [0.2, 0.25) is 0 Å². The lowest BCUT2D eigenvalue weighted by Gasteiger charge is -2.15. The molecule has 0 bridgehead atoms. The van der Waals surface area contributed by atoms with E-state index in [0.29, 0.717) is 11.3 Å². The molecule has 2 unspecified atom stereocenters. The van der Waals surface area contributed by atoms with Crippen molar-refractivity contribution in [2.75, 3.05) is 24.7 Å². The molecule has 1 aliphatic heterocycles. The van der Waals surface area contributed by atoms with E-state index in [2.05, 4.69) is 38.1 Å². The first-order chi connectivity index (χ1) is 18.4. The smallest absolute Gasteiger partial charge is 0.348 e. The summed E-state index contributed by atoms with van der Waals surface area (Å²) in [5.41, 5.74) is 2.45. The summed E-state index contributed by atoms with van der Waals surface area (Å²) in [6.45, 7) is 4.91. The molecular weight excluding hydrogens is 502 g/mol. The van der Waals surface area contributed by atoms with E-state index in [0.717, 1.165) is 42.8 Å². The minimum absolute atomic E-state index is 0.0827. The van der Waals surface area contributed by atoms with E-state index in [4.69, 9.17) is 9.84 Å². The summed E-state index contributed by atoms with van der Waals surface area (Å²) < 4.78 is 5.01. The summed E-state index contributed by atoms with van der Waals surface area (Å²) >= 11 is 1.40. The lowest BCUT2D eigenvalue weighted by atomic mass is 10.1. The molecule has 1 aromatic carbocycles. The van der Waals surface area contributed by atoms with Gasteiger partial charge in [0.15, 0.2) is 0 Å². The summed E-state index contributed by atoms with van der Waals surface area (Å²) in [7, 11) is 0. The molecule has 3 rings (SSSR count). The van der Waals surface area contributed by atoms with Crippen LogP contribution in [0.4, 0.5) is 5.69 Å². The lowest BCUT2D eigenvalue weighted by molar-refractivity contribution is -0.117. The fourth-order valence-corrected chi connectivity index (χ4v) is 5.28. The summed E-state index contributed by atoms with van der Waals surface area (Å²) in [4.78, 5) is 26.9. The molecule has 2 heterocycles. The molecule has 2 atom stereocenters. The molecule has 8 heteroatoms. The van der Waals surface area contributed by atoms with Crippen LogP contribution in [-0.2, 0) is 22.4 Å². The maximum atomic E-state index is 11.8. The number of hydrogen-bond donors (Lipinski definition) is 3. The van der Waals surface area contributed by atoms with Crippen LogP contribution in [0.3, 0.4) is 0 Å². The fraction of sp³-hybridized carbons (Fsp3) is 0.600. The van der Waals surface area contributed by atoms with Crippen LogP contribution in [0.5, 0.6) is 0 Å². The number of carbonyl (C=O) groups is 2. The molecule has 7 nitrogen and oxygen atoms in total. The number of aliphatic hydroxyl groups excluding tert-OH is 3. The van der Waals surface area contributed by atoms with Gasteiger partial charge in [-0.25, -0.2) is 4.79 Å². The summed E-state index contributed by atoms with van der Waals surface area (Å²) in [6, 6.07) is 12.2. The van der Waals surface area contributed by atoms with Gasteiger partial charge in [0, 0.05) is 36.6 Å². The van der Waals surface area contributed by atoms with Gasteiger partial charge in [-0.2, -0.15) is 0 Å². The maximum Gasteiger partial charge on any atom is 0.348 e. The number of nitrogens with zero attached hydrogens (tertiary/aromatic N) is 1. The topological polar surface area (TPSA) is 107 Å². The van der Waals surface area contributed by atoms with Gasteiger partial charge in [0.25, 0.3) is 0 Å². The standard InChI is InChI=1S/C16H23NO.C14H22O5S/c1-2-3-4-5-7-14-9-11-15(12-10-14)17-13-6-8-16(17)18;1-2-3-12-4-5-13(20-12)14(18)19-9-11(17)8-10(16)6-7-15/h9-12H,2-8,13H2,1H3;4-5,10-11,15-17H,2-3,6-9H2,1H3. The number of rotatable bonds is 15. The van der Waals surface area contributed by atoms with E-state index in [9.17, 15) is 19.8 Å². The van der Waals surface area contributed by atoms with Crippen molar-refractivity contribution in [3.05, 3.63) is 51.7 Å². The molecule has 0 saturated carbocycles. The molecule has 1 fully saturated rings. The zero-order chi connectivity index (χ0) is 27.8. The van der Waals surface area contributed by atoms with Crippen molar-refractivity contribution >= 4 is 28.9 Å². The molecule has 38 heavy (non-hydrogen) atoms. The Kier molecular flexibility index (Phi) is 15.2. The Morgan fingerprint density at radius 1 is 1.00 bits per heavy atom. The van der Waals surface area contributed by atoms with Crippen LogP contribution in [0, 0.1) is 0 Å². The quantitative estimate of drug-likeness (QED) is 0.207. The summed E-state index contributed by atoms with van der Waals surface area (Å²) in [5.74, 6) is -0.182. The predicted molar refractivity (Wildman–Crippen MR) is 153 cm³/mol. The monoisotopic (exact) mass is 547 g/mol. The summed E-state index contributed by atoms with van der Waals surface area (Å²) in [6.07, 6.45) is 8.63. The Morgan fingerprint density at radius 2 is 1.76 bits per heavy atom. The Balaban J connectivity index is 0.000000268.